The van der Waals surface area contributed by atoms with Gasteiger partial charge in [0.05, 0.1) is 11.0 Å². The van der Waals surface area contributed by atoms with Crippen LogP contribution >= 0.6 is 0 Å². The van der Waals surface area contributed by atoms with Gasteiger partial charge in [0.25, 0.3) is 0 Å². The third-order valence-corrected chi connectivity index (χ3v) is 10.9. The first-order valence-corrected chi connectivity index (χ1v) is 12.6. The maximum absolute atomic E-state index is 13.1. The summed E-state index contributed by atoms with van der Waals surface area (Å²) in [4.78, 5) is 25.5. The molecule has 2 N–H and O–H groups in total. The number of carbonyl (C=O) groups excluding carboxylic acids is 2. The van der Waals surface area contributed by atoms with Crippen molar-refractivity contribution in [3.8, 4) is 0 Å². The molecule has 0 unspecified atom stereocenters. The van der Waals surface area contributed by atoms with Crippen LogP contribution in [0, 0.1) is 28.6 Å². The average molecular weight is 455 g/mol. The molecule has 0 aromatic heterocycles. The van der Waals surface area contributed by atoms with Crippen molar-refractivity contribution in [2.24, 2.45) is 28.6 Å². The first-order valence-electron chi connectivity index (χ1n) is 12.6. The first kappa shape index (κ1) is 23.0. The second-order valence-electron chi connectivity index (χ2n) is 12.1. The molecule has 0 aromatic carbocycles. The van der Waals surface area contributed by atoms with Crippen LogP contribution in [0.3, 0.4) is 0 Å². The van der Waals surface area contributed by atoms with Crippen LogP contribution in [0.2, 0.25) is 0 Å². The van der Waals surface area contributed by atoms with Crippen LogP contribution in [0.25, 0.3) is 0 Å². The molecule has 1 aliphatic heterocycles. The number of aliphatic hydroxyl groups is 2. The minimum absolute atomic E-state index is 0.0208. The van der Waals surface area contributed by atoms with Crippen molar-refractivity contribution in [3.05, 3.63) is 34.9 Å². The van der Waals surface area contributed by atoms with E-state index in [-0.39, 0.29) is 29.5 Å². The van der Waals surface area contributed by atoms with E-state index < -0.39 is 28.1 Å². The Hall–Kier alpha value is -1.72. The fraction of sp³-hybridized carbons (Fsp3) is 0.714. The third kappa shape index (κ3) is 2.84. The zero-order chi connectivity index (χ0) is 24.0. The Morgan fingerprint density at radius 2 is 1.82 bits per heavy atom. The maximum Gasteiger partial charge on any atom is 0.334 e. The Morgan fingerprint density at radius 1 is 1.09 bits per heavy atom. The Kier molecular flexibility index (Phi) is 4.99. The summed E-state index contributed by atoms with van der Waals surface area (Å²) < 4.78 is 5.72. The minimum Gasteiger partial charge on any atom is -0.456 e. The molecule has 33 heavy (non-hydrogen) atoms. The molecule has 0 saturated heterocycles. The number of fused-ring (bicyclic) bond motifs is 5. The van der Waals surface area contributed by atoms with Crippen molar-refractivity contribution in [2.45, 2.75) is 96.9 Å². The van der Waals surface area contributed by atoms with E-state index in [2.05, 4.69) is 19.9 Å². The van der Waals surface area contributed by atoms with Gasteiger partial charge in [0.15, 0.2) is 5.78 Å². The number of cyclic esters (lactones) is 1. The SMILES string of the molecule is CC1=C(C)C(=O)O[C@@H]([C@](C)(O)[C@H]2CC[C@@]3(O)[C@@H]4CCC5=CC=CC(=O)[C@]5(C)[C@H]4CC[C@]23C)C1. The van der Waals surface area contributed by atoms with E-state index in [9.17, 15) is 19.8 Å². The highest BCUT2D eigenvalue weighted by molar-refractivity contribution is 5.99. The zero-order valence-corrected chi connectivity index (χ0v) is 20.6. The lowest BCUT2D eigenvalue weighted by atomic mass is 9.44. The van der Waals surface area contributed by atoms with E-state index in [0.29, 0.717) is 24.8 Å². The molecule has 4 aliphatic carbocycles. The average Bonchev–Trinajstić information content (AvgIpc) is 3.04. The largest absolute Gasteiger partial charge is 0.456 e. The summed E-state index contributed by atoms with van der Waals surface area (Å²) in [6.45, 7) is 9.71. The van der Waals surface area contributed by atoms with Crippen LogP contribution in [0.1, 0.15) is 79.6 Å². The summed E-state index contributed by atoms with van der Waals surface area (Å²) in [6.07, 6.45) is 10.2. The Balaban J connectivity index is 1.48. The standard InChI is InChI=1S/C28H38O5/c1-16-15-23(33-24(30)17(16)2)27(5,31)21-12-14-28(32)20-10-9-18-7-6-8-22(29)26(18,4)19(20)11-13-25(21,28)3/h6-8,19-21,23,31-32H,9-15H2,1-5H3/t19-,20+,21-,23+,25+,26-,27+,28+/m0/s1. The van der Waals surface area contributed by atoms with Gasteiger partial charge in [0.2, 0.25) is 0 Å². The van der Waals surface area contributed by atoms with Gasteiger partial charge in [-0.1, -0.05) is 30.2 Å². The van der Waals surface area contributed by atoms with Gasteiger partial charge < -0.3 is 14.9 Å². The number of allylic oxidation sites excluding steroid dienone is 4. The molecule has 5 heteroatoms. The van der Waals surface area contributed by atoms with Gasteiger partial charge in [-0.2, -0.15) is 0 Å². The molecule has 5 rings (SSSR count). The third-order valence-electron chi connectivity index (χ3n) is 10.9. The van der Waals surface area contributed by atoms with Gasteiger partial charge in [-0.05, 0) is 90.0 Å². The second kappa shape index (κ2) is 7.14. The topological polar surface area (TPSA) is 83.8 Å². The lowest BCUT2D eigenvalue weighted by Crippen LogP contribution is -2.64. The molecule has 0 radical (unpaired) electrons. The fourth-order valence-corrected chi connectivity index (χ4v) is 8.57. The molecule has 3 fully saturated rings. The fourth-order valence-electron chi connectivity index (χ4n) is 8.57. The highest BCUT2D eigenvalue weighted by Gasteiger charge is 2.70. The molecule has 0 amide bonds. The summed E-state index contributed by atoms with van der Waals surface area (Å²) in [5.74, 6) is -0.249. The molecular formula is C28H38O5. The lowest BCUT2D eigenvalue weighted by Gasteiger charge is -2.61. The van der Waals surface area contributed by atoms with E-state index in [1.807, 2.05) is 13.0 Å². The molecular weight excluding hydrogens is 416 g/mol. The Morgan fingerprint density at radius 3 is 2.52 bits per heavy atom. The predicted octanol–water partition coefficient (Wildman–Crippen LogP) is 4.43. The van der Waals surface area contributed by atoms with Gasteiger partial charge in [-0.25, -0.2) is 4.79 Å². The zero-order valence-electron chi connectivity index (χ0n) is 20.6. The Labute approximate surface area is 197 Å². The van der Waals surface area contributed by atoms with Gasteiger partial charge in [-0.3, -0.25) is 4.79 Å². The lowest BCUT2D eigenvalue weighted by molar-refractivity contribution is -0.217. The van der Waals surface area contributed by atoms with Crippen molar-refractivity contribution in [1.82, 2.24) is 0 Å². The number of hydrogen-bond acceptors (Lipinski definition) is 5. The highest BCUT2D eigenvalue weighted by atomic mass is 16.6. The van der Waals surface area contributed by atoms with E-state index in [4.69, 9.17) is 4.74 Å². The second-order valence-corrected chi connectivity index (χ2v) is 12.1. The highest BCUT2D eigenvalue weighted by Crippen LogP contribution is 2.69. The van der Waals surface area contributed by atoms with Crippen molar-refractivity contribution in [1.29, 1.82) is 0 Å². The smallest absolute Gasteiger partial charge is 0.334 e. The van der Waals surface area contributed by atoms with Crippen LogP contribution in [0.15, 0.2) is 34.9 Å². The van der Waals surface area contributed by atoms with E-state index >= 15 is 0 Å². The summed E-state index contributed by atoms with van der Waals surface area (Å²) in [6, 6.07) is 0. The number of hydrogen-bond donors (Lipinski definition) is 2. The van der Waals surface area contributed by atoms with E-state index in [0.717, 1.165) is 31.3 Å². The first-order chi connectivity index (χ1) is 15.4. The van der Waals surface area contributed by atoms with Crippen LogP contribution in [-0.2, 0) is 14.3 Å². The van der Waals surface area contributed by atoms with E-state index in [1.165, 1.54) is 5.57 Å². The molecule has 0 bridgehead atoms. The van der Waals surface area contributed by atoms with Gasteiger partial charge >= 0.3 is 5.97 Å². The van der Waals surface area contributed by atoms with Crippen molar-refractivity contribution >= 4 is 11.8 Å². The molecule has 1 heterocycles. The normalized spacial score (nSPS) is 46.7. The van der Waals surface area contributed by atoms with Crippen LogP contribution in [-0.4, -0.2) is 39.3 Å². The summed E-state index contributed by atoms with van der Waals surface area (Å²) in [5, 5.41) is 24.2. The van der Waals surface area contributed by atoms with Gasteiger partial charge in [0.1, 0.15) is 11.7 Å². The number of rotatable bonds is 2. The predicted molar refractivity (Wildman–Crippen MR) is 125 cm³/mol. The Bertz CT molecular complexity index is 1000. The van der Waals surface area contributed by atoms with Crippen LogP contribution in [0.5, 0.6) is 0 Å². The monoisotopic (exact) mass is 454 g/mol. The number of esters is 1. The molecule has 180 valence electrons. The summed E-state index contributed by atoms with van der Waals surface area (Å²) in [5.41, 5.74) is -0.426. The molecule has 3 saturated carbocycles. The van der Waals surface area contributed by atoms with Crippen LogP contribution in [0.4, 0.5) is 0 Å². The van der Waals surface area contributed by atoms with E-state index in [1.54, 1.807) is 19.9 Å². The van der Waals surface area contributed by atoms with Crippen molar-refractivity contribution in [3.63, 3.8) is 0 Å². The van der Waals surface area contributed by atoms with Gasteiger partial charge in [0, 0.05) is 17.4 Å². The van der Waals surface area contributed by atoms with Crippen LogP contribution < -0.4 is 0 Å². The molecule has 0 aromatic rings. The summed E-state index contributed by atoms with van der Waals surface area (Å²) in [7, 11) is 0. The summed E-state index contributed by atoms with van der Waals surface area (Å²) >= 11 is 0. The van der Waals surface area contributed by atoms with Crippen molar-refractivity contribution in [2.75, 3.05) is 0 Å². The molecule has 0 spiro atoms. The maximum atomic E-state index is 13.1. The molecule has 5 nitrogen and oxygen atoms in total. The molecule has 8 atom stereocenters. The minimum atomic E-state index is -1.24. The van der Waals surface area contributed by atoms with Crippen molar-refractivity contribution < 1.29 is 24.5 Å². The quantitative estimate of drug-likeness (QED) is 0.603. The molecule has 5 aliphatic rings. The van der Waals surface area contributed by atoms with Gasteiger partial charge in [-0.15, -0.1) is 0 Å². The number of carbonyl (C=O) groups is 2. The number of ether oxygens (including phenoxy) is 1. The number of ketones is 1.